The van der Waals surface area contributed by atoms with Crippen molar-refractivity contribution in [1.29, 1.82) is 5.26 Å². The van der Waals surface area contributed by atoms with Crippen LogP contribution in [0.1, 0.15) is 12.5 Å². The Balaban J connectivity index is 2.42. The van der Waals surface area contributed by atoms with E-state index in [0.717, 1.165) is 10.5 Å². The minimum absolute atomic E-state index is 0.0567. The molecule has 1 aromatic rings. The van der Waals surface area contributed by atoms with Gasteiger partial charge in [-0.05, 0) is 26.0 Å². The number of carbonyl (C=O) groups is 3. The highest BCUT2D eigenvalue weighted by Gasteiger charge is 2.38. The molecule has 112 valence electrons. The third kappa shape index (κ3) is 2.67. The minimum atomic E-state index is -0.945. The largest absolute Gasteiger partial charge is 0.462 e. The average molecular weight is 299 g/mol. The lowest BCUT2D eigenvalue weighted by Crippen LogP contribution is -2.30. The zero-order valence-electron chi connectivity index (χ0n) is 12.0. The molecular formula is C15H13N3O4. The molecule has 1 aliphatic heterocycles. The van der Waals surface area contributed by atoms with Gasteiger partial charge in [0.15, 0.2) is 5.57 Å². The van der Waals surface area contributed by atoms with Crippen LogP contribution in [0.2, 0.25) is 0 Å². The number of carbonyl (C=O) groups excluding carboxylic acids is 3. The number of hydrogen-bond acceptors (Lipinski definition) is 5. The van der Waals surface area contributed by atoms with Gasteiger partial charge in [-0.1, -0.05) is 17.7 Å². The topological polar surface area (TPSA) is 99.5 Å². The molecule has 1 aliphatic rings. The Hall–Kier alpha value is -3.14. The van der Waals surface area contributed by atoms with Gasteiger partial charge in [0.1, 0.15) is 11.8 Å². The Kier molecular flexibility index (Phi) is 4.23. The van der Waals surface area contributed by atoms with Crippen molar-refractivity contribution in [1.82, 2.24) is 5.32 Å². The Labute approximate surface area is 126 Å². The lowest BCUT2D eigenvalue weighted by atomic mass is 10.2. The molecule has 3 amide bonds. The summed E-state index contributed by atoms with van der Waals surface area (Å²) < 4.78 is 4.71. The number of nitriles is 1. The molecule has 1 fully saturated rings. The van der Waals surface area contributed by atoms with Crippen LogP contribution in [0, 0.1) is 18.3 Å². The average Bonchev–Trinajstić information content (AvgIpc) is 2.77. The van der Waals surface area contributed by atoms with E-state index in [1.807, 2.05) is 6.92 Å². The zero-order valence-corrected chi connectivity index (χ0v) is 12.0. The van der Waals surface area contributed by atoms with E-state index in [2.05, 4.69) is 5.32 Å². The van der Waals surface area contributed by atoms with E-state index in [1.54, 1.807) is 37.3 Å². The summed E-state index contributed by atoms with van der Waals surface area (Å²) in [5.41, 5.74) is 0.432. The van der Waals surface area contributed by atoms with Crippen molar-refractivity contribution in [3.05, 3.63) is 41.1 Å². The van der Waals surface area contributed by atoms with Crippen molar-refractivity contribution >= 4 is 23.6 Å². The second kappa shape index (κ2) is 6.10. The smallest absolute Gasteiger partial charge is 0.351 e. The van der Waals surface area contributed by atoms with E-state index >= 15 is 0 Å². The number of hydrogen-bond donors (Lipinski definition) is 1. The molecule has 0 bridgehead atoms. The maximum atomic E-state index is 12.3. The summed E-state index contributed by atoms with van der Waals surface area (Å²) in [5, 5.41) is 11.3. The Morgan fingerprint density at radius 2 is 1.95 bits per heavy atom. The number of rotatable bonds is 3. The minimum Gasteiger partial charge on any atom is -0.462 e. The molecule has 1 aromatic carbocycles. The van der Waals surface area contributed by atoms with E-state index in [0.29, 0.717) is 5.69 Å². The number of nitrogens with one attached hydrogen (secondary N) is 1. The van der Waals surface area contributed by atoms with E-state index in [9.17, 15) is 14.4 Å². The second-order valence-corrected chi connectivity index (χ2v) is 4.49. The van der Waals surface area contributed by atoms with Crippen LogP contribution in [0.5, 0.6) is 0 Å². The molecule has 0 atom stereocenters. The number of urea groups is 1. The van der Waals surface area contributed by atoms with Gasteiger partial charge in [0.25, 0.3) is 5.91 Å². The Bertz CT molecular complexity index is 713. The normalized spacial score (nSPS) is 16.1. The highest BCUT2D eigenvalue weighted by Crippen LogP contribution is 2.23. The van der Waals surface area contributed by atoms with Gasteiger partial charge in [0.2, 0.25) is 0 Å². The number of aryl methyl sites for hydroxylation is 1. The van der Waals surface area contributed by atoms with Crippen LogP contribution in [-0.2, 0) is 14.3 Å². The quantitative estimate of drug-likeness (QED) is 0.393. The summed E-state index contributed by atoms with van der Waals surface area (Å²) in [6.07, 6.45) is 0. The molecule has 0 aromatic heterocycles. The number of benzene rings is 1. The van der Waals surface area contributed by atoms with Crippen molar-refractivity contribution in [3.63, 3.8) is 0 Å². The van der Waals surface area contributed by atoms with Gasteiger partial charge in [0, 0.05) is 0 Å². The molecular weight excluding hydrogens is 286 g/mol. The fourth-order valence-electron chi connectivity index (χ4n) is 1.92. The predicted molar refractivity (Wildman–Crippen MR) is 76.5 cm³/mol. The van der Waals surface area contributed by atoms with Crippen LogP contribution in [-0.4, -0.2) is 24.5 Å². The van der Waals surface area contributed by atoms with Crippen LogP contribution in [0.15, 0.2) is 35.5 Å². The molecule has 0 unspecified atom stereocenters. The molecule has 0 aliphatic carbocycles. The number of anilines is 1. The summed E-state index contributed by atoms with van der Waals surface area (Å²) in [7, 11) is 0. The third-order valence-corrected chi connectivity index (χ3v) is 2.99. The number of imide groups is 1. The summed E-state index contributed by atoms with van der Waals surface area (Å²) >= 11 is 0. The number of ether oxygens (including phenoxy) is 1. The molecule has 7 heteroatoms. The monoisotopic (exact) mass is 299 g/mol. The van der Waals surface area contributed by atoms with Crippen LogP contribution in [0.25, 0.3) is 0 Å². The van der Waals surface area contributed by atoms with Crippen LogP contribution < -0.4 is 10.2 Å². The molecule has 7 nitrogen and oxygen atoms in total. The van der Waals surface area contributed by atoms with E-state index in [4.69, 9.17) is 10.00 Å². The molecule has 1 heterocycles. The van der Waals surface area contributed by atoms with E-state index < -0.39 is 23.5 Å². The first-order valence-corrected chi connectivity index (χ1v) is 6.53. The van der Waals surface area contributed by atoms with Crippen LogP contribution >= 0.6 is 0 Å². The fourth-order valence-corrected chi connectivity index (χ4v) is 1.92. The maximum Gasteiger partial charge on any atom is 0.351 e. The van der Waals surface area contributed by atoms with Crippen molar-refractivity contribution in [3.8, 4) is 6.07 Å². The van der Waals surface area contributed by atoms with Gasteiger partial charge >= 0.3 is 12.0 Å². The van der Waals surface area contributed by atoms with Gasteiger partial charge in [-0.3, -0.25) is 4.79 Å². The summed E-state index contributed by atoms with van der Waals surface area (Å²) in [4.78, 5) is 36.9. The molecule has 22 heavy (non-hydrogen) atoms. The second-order valence-electron chi connectivity index (χ2n) is 4.49. The van der Waals surface area contributed by atoms with Crippen molar-refractivity contribution in [2.75, 3.05) is 11.5 Å². The summed E-state index contributed by atoms with van der Waals surface area (Å²) in [6.45, 7) is 3.50. The molecule has 1 saturated heterocycles. The lowest BCUT2D eigenvalue weighted by Gasteiger charge is -2.11. The number of esters is 1. The molecule has 0 saturated carbocycles. The molecule has 2 rings (SSSR count). The molecule has 0 radical (unpaired) electrons. The first-order chi connectivity index (χ1) is 10.5. The maximum absolute atomic E-state index is 12.3. The van der Waals surface area contributed by atoms with Crippen molar-refractivity contribution in [2.24, 2.45) is 0 Å². The molecule has 0 spiro atoms. The standard InChI is InChI=1S/C15H13N3O4/c1-3-22-14(20)11(8-16)12-13(19)18(15(21)17-12)10-6-4-9(2)5-7-10/h4-7H,3H2,1-2H3,(H,17,21)/b12-11-. The first kappa shape index (κ1) is 15.3. The van der Waals surface area contributed by atoms with E-state index in [1.165, 1.54) is 0 Å². The predicted octanol–water partition coefficient (Wildman–Crippen LogP) is 1.39. The highest BCUT2D eigenvalue weighted by atomic mass is 16.5. The number of nitrogens with zero attached hydrogens (tertiary/aromatic N) is 2. The molecule has 1 N–H and O–H groups in total. The van der Waals surface area contributed by atoms with Crippen LogP contribution in [0.3, 0.4) is 0 Å². The van der Waals surface area contributed by atoms with Gasteiger partial charge < -0.3 is 10.1 Å². The van der Waals surface area contributed by atoms with Gasteiger partial charge in [0.05, 0.1) is 12.3 Å². The lowest BCUT2D eigenvalue weighted by molar-refractivity contribution is -0.138. The van der Waals surface area contributed by atoms with Crippen LogP contribution in [0.4, 0.5) is 10.5 Å². The highest BCUT2D eigenvalue weighted by molar-refractivity contribution is 6.28. The van der Waals surface area contributed by atoms with Gasteiger partial charge in [-0.2, -0.15) is 5.26 Å². The Morgan fingerprint density at radius 3 is 2.50 bits per heavy atom. The Morgan fingerprint density at radius 1 is 1.32 bits per heavy atom. The number of amides is 3. The summed E-state index contributed by atoms with van der Waals surface area (Å²) in [5.74, 6) is -1.71. The van der Waals surface area contributed by atoms with E-state index in [-0.39, 0.29) is 12.3 Å². The van der Waals surface area contributed by atoms with Crippen molar-refractivity contribution in [2.45, 2.75) is 13.8 Å². The first-order valence-electron chi connectivity index (χ1n) is 6.53. The fraction of sp³-hybridized carbons (Fsp3) is 0.200. The van der Waals surface area contributed by atoms with Gasteiger partial charge in [-0.25, -0.2) is 14.5 Å². The van der Waals surface area contributed by atoms with Gasteiger partial charge in [-0.15, -0.1) is 0 Å². The summed E-state index contributed by atoms with van der Waals surface area (Å²) in [6, 6.07) is 7.58. The zero-order chi connectivity index (χ0) is 16.3. The van der Waals surface area contributed by atoms with Crippen molar-refractivity contribution < 1.29 is 19.1 Å². The third-order valence-electron chi connectivity index (χ3n) is 2.99. The SMILES string of the molecule is CCOC(=O)/C(C#N)=C1\NC(=O)N(c2ccc(C)cc2)C1=O.